The number of amides is 2. The second-order valence-electron chi connectivity index (χ2n) is 10.1. The lowest BCUT2D eigenvalue weighted by molar-refractivity contribution is -0.139. The second kappa shape index (κ2) is 8.55. The van der Waals surface area contributed by atoms with Crippen LogP contribution >= 0.6 is 0 Å². The first kappa shape index (κ1) is 22.4. The zero-order valence-electron chi connectivity index (χ0n) is 20.7. The smallest absolute Gasteiger partial charge is 0.259 e. The molecular formula is C30H29N3O3. The van der Waals surface area contributed by atoms with Crippen LogP contribution in [0.4, 0.5) is 5.69 Å². The van der Waals surface area contributed by atoms with Gasteiger partial charge in [-0.25, -0.2) is 0 Å². The summed E-state index contributed by atoms with van der Waals surface area (Å²) in [5.74, 6) is 1.08. The minimum Gasteiger partial charge on any atom is -0.460 e. The maximum absolute atomic E-state index is 13.6. The zero-order valence-corrected chi connectivity index (χ0v) is 20.7. The molecule has 0 spiro atoms. The van der Waals surface area contributed by atoms with E-state index in [0.717, 1.165) is 52.1 Å². The van der Waals surface area contributed by atoms with Crippen LogP contribution in [0.15, 0.2) is 82.5 Å². The van der Waals surface area contributed by atoms with Crippen molar-refractivity contribution in [2.75, 3.05) is 11.9 Å². The van der Waals surface area contributed by atoms with Crippen LogP contribution in [0.1, 0.15) is 44.4 Å². The van der Waals surface area contributed by atoms with Gasteiger partial charge in [-0.15, -0.1) is 0 Å². The van der Waals surface area contributed by atoms with Gasteiger partial charge in [0.05, 0.1) is 23.6 Å². The molecule has 1 atom stereocenters. The Balaban J connectivity index is 1.56. The van der Waals surface area contributed by atoms with Crippen LogP contribution < -0.4 is 5.32 Å². The SMILES string of the molecule is CC(=O)N1CC2=C(C1=O)C(c1ccc(-c3ccccc3)o1)c1cn(CCC(C)C)c3cccc(c13)N2. The number of carbonyl (C=O) groups excluding carboxylic acids is 2. The van der Waals surface area contributed by atoms with Gasteiger partial charge in [0.25, 0.3) is 5.91 Å². The topological polar surface area (TPSA) is 67.5 Å². The van der Waals surface area contributed by atoms with Gasteiger partial charge in [-0.1, -0.05) is 50.2 Å². The third kappa shape index (κ3) is 3.56. The lowest BCUT2D eigenvalue weighted by atomic mass is 9.88. The van der Waals surface area contributed by atoms with Crippen molar-refractivity contribution in [1.29, 1.82) is 0 Å². The van der Waals surface area contributed by atoms with Gasteiger partial charge >= 0.3 is 0 Å². The first-order chi connectivity index (χ1) is 17.4. The van der Waals surface area contributed by atoms with E-state index in [9.17, 15) is 9.59 Å². The number of carbonyl (C=O) groups is 2. The molecule has 2 aromatic carbocycles. The van der Waals surface area contributed by atoms with Crippen molar-refractivity contribution in [2.45, 2.75) is 39.7 Å². The highest BCUT2D eigenvalue weighted by Gasteiger charge is 2.42. The van der Waals surface area contributed by atoms with Crippen LogP contribution in [0.25, 0.3) is 22.2 Å². The number of rotatable bonds is 5. The fraction of sp³-hybridized carbons (Fsp3) is 0.267. The van der Waals surface area contributed by atoms with Crippen molar-refractivity contribution >= 4 is 28.4 Å². The normalized spacial score (nSPS) is 17.1. The van der Waals surface area contributed by atoms with Crippen LogP contribution in [0.5, 0.6) is 0 Å². The maximum atomic E-state index is 13.6. The quantitative estimate of drug-likeness (QED) is 0.373. The number of aryl methyl sites for hydroxylation is 1. The molecule has 36 heavy (non-hydrogen) atoms. The van der Waals surface area contributed by atoms with Crippen LogP contribution in [-0.2, 0) is 16.1 Å². The summed E-state index contributed by atoms with van der Waals surface area (Å²) in [6.07, 6.45) is 3.22. The molecule has 2 aromatic heterocycles. The molecule has 182 valence electrons. The highest BCUT2D eigenvalue weighted by Crippen LogP contribution is 2.47. The van der Waals surface area contributed by atoms with Crippen molar-refractivity contribution in [3.05, 3.63) is 89.5 Å². The number of nitrogens with one attached hydrogen (secondary N) is 1. The fourth-order valence-electron chi connectivity index (χ4n) is 5.42. The van der Waals surface area contributed by atoms with Crippen LogP contribution in [0, 0.1) is 5.92 Å². The van der Waals surface area contributed by atoms with E-state index in [1.54, 1.807) is 0 Å². The standard InChI is InChI=1S/C30H29N3O3/c1-18(2)14-15-32-16-21-27-22(10-7-11-24(27)32)31-23-17-33(19(3)34)30(35)29(23)28(21)26-13-12-25(36-26)20-8-5-4-6-9-20/h4-13,16,18,28,31H,14-15,17H2,1-3H3. The molecule has 0 saturated heterocycles. The number of furan rings is 1. The molecule has 0 bridgehead atoms. The summed E-state index contributed by atoms with van der Waals surface area (Å²) in [6, 6.07) is 20.1. The Bertz CT molecular complexity index is 1520. The zero-order chi connectivity index (χ0) is 25.0. The number of hydrogen-bond acceptors (Lipinski definition) is 4. The predicted octanol–water partition coefficient (Wildman–Crippen LogP) is 6.15. The van der Waals surface area contributed by atoms with Crippen LogP contribution in [0.2, 0.25) is 0 Å². The Morgan fingerprint density at radius 2 is 1.89 bits per heavy atom. The largest absolute Gasteiger partial charge is 0.460 e. The van der Waals surface area contributed by atoms with Crippen LogP contribution in [0.3, 0.4) is 0 Å². The first-order valence-corrected chi connectivity index (χ1v) is 12.5. The monoisotopic (exact) mass is 479 g/mol. The molecule has 1 N–H and O–H groups in total. The van der Waals surface area contributed by atoms with E-state index in [1.165, 1.54) is 11.8 Å². The Morgan fingerprint density at radius 1 is 1.08 bits per heavy atom. The molecule has 2 aliphatic rings. The molecule has 6 nitrogen and oxygen atoms in total. The molecule has 2 amide bonds. The molecule has 0 radical (unpaired) electrons. The van der Waals surface area contributed by atoms with E-state index in [2.05, 4.69) is 36.0 Å². The average molecular weight is 480 g/mol. The van der Waals surface area contributed by atoms with E-state index < -0.39 is 5.92 Å². The number of nitrogens with zero attached hydrogens (tertiary/aromatic N) is 2. The van der Waals surface area contributed by atoms with Gasteiger partial charge < -0.3 is 14.3 Å². The summed E-state index contributed by atoms with van der Waals surface area (Å²) < 4.78 is 8.73. The predicted molar refractivity (Wildman–Crippen MR) is 140 cm³/mol. The third-order valence-corrected chi connectivity index (χ3v) is 7.23. The van der Waals surface area contributed by atoms with E-state index in [1.807, 2.05) is 54.6 Å². The van der Waals surface area contributed by atoms with Gasteiger partial charge in [-0.2, -0.15) is 0 Å². The van der Waals surface area contributed by atoms with Crippen molar-refractivity contribution in [3.8, 4) is 11.3 Å². The number of anilines is 1. The van der Waals surface area contributed by atoms with E-state index >= 15 is 0 Å². The van der Waals surface area contributed by atoms with Gasteiger partial charge in [0.15, 0.2) is 0 Å². The molecule has 1 unspecified atom stereocenters. The van der Waals surface area contributed by atoms with Crippen molar-refractivity contribution < 1.29 is 14.0 Å². The molecule has 0 saturated carbocycles. The van der Waals surface area contributed by atoms with Gasteiger partial charge in [-0.3, -0.25) is 14.5 Å². The number of benzene rings is 2. The Labute approximate surface area is 210 Å². The Hall–Kier alpha value is -4.06. The molecule has 6 heteroatoms. The summed E-state index contributed by atoms with van der Waals surface area (Å²) in [5, 5.41) is 4.63. The molecule has 6 rings (SSSR count). The van der Waals surface area contributed by atoms with Gasteiger partial charge in [0, 0.05) is 42.0 Å². The summed E-state index contributed by atoms with van der Waals surface area (Å²) >= 11 is 0. The van der Waals surface area contributed by atoms with Gasteiger partial charge in [0.1, 0.15) is 11.5 Å². The highest BCUT2D eigenvalue weighted by atomic mass is 16.3. The number of imide groups is 1. The van der Waals surface area contributed by atoms with E-state index in [4.69, 9.17) is 4.42 Å². The summed E-state index contributed by atoms with van der Waals surface area (Å²) in [4.78, 5) is 27.3. The first-order valence-electron chi connectivity index (χ1n) is 12.5. The minimum absolute atomic E-state index is 0.236. The van der Waals surface area contributed by atoms with Crippen LogP contribution in [-0.4, -0.2) is 27.8 Å². The molecule has 0 aliphatic carbocycles. The summed E-state index contributed by atoms with van der Waals surface area (Å²) in [5.41, 5.74) is 5.43. The lowest BCUT2D eigenvalue weighted by Gasteiger charge is -2.17. The van der Waals surface area contributed by atoms with Gasteiger partial charge in [0.2, 0.25) is 5.91 Å². The Kier molecular flexibility index (Phi) is 5.32. The lowest BCUT2D eigenvalue weighted by Crippen LogP contribution is -2.33. The Morgan fingerprint density at radius 3 is 2.64 bits per heavy atom. The van der Waals surface area contributed by atoms with Crippen molar-refractivity contribution in [2.24, 2.45) is 5.92 Å². The van der Waals surface area contributed by atoms with Crippen molar-refractivity contribution in [3.63, 3.8) is 0 Å². The third-order valence-electron chi connectivity index (χ3n) is 7.23. The molecule has 4 heterocycles. The summed E-state index contributed by atoms with van der Waals surface area (Å²) in [6.45, 7) is 7.01. The number of hydrogen-bond donors (Lipinski definition) is 1. The average Bonchev–Trinajstić information content (AvgIpc) is 3.55. The molecular weight excluding hydrogens is 450 g/mol. The fourth-order valence-corrected chi connectivity index (χ4v) is 5.42. The van der Waals surface area contributed by atoms with Gasteiger partial charge in [-0.05, 0) is 42.2 Å². The van der Waals surface area contributed by atoms with E-state index in [-0.39, 0.29) is 18.4 Å². The molecule has 0 fully saturated rings. The molecule has 2 aliphatic heterocycles. The van der Waals surface area contributed by atoms with Crippen molar-refractivity contribution in [1.82, 2.24) is 9.47 Å². The van der Waals surface area contributed by atoms with E-state index in [0.29, 0.717) is 17.3 Å². The summed E-state index contributed by atoms with van der Waals surface area (Å²) in [7, 11) is 0. The minimum atomic E-state index is -0.423. The second-order valence-corrected chi connectivity index (χ2v) is 10.1. The number of aromatic nitrogens is 1. The molecule has 4 aromatic rings. The highest BCUT2D eigenvalue weighted by molar-refractivity contribution is 6.11. The maximum Gasteiger partial charge on any atom is 0.259 e.